The molecule has 0 bridgehead atoms. The Balaban J connectivity index is 1.22. The fraction of sp³-hybridized carbons (Fsp3) is 0.0714. The third-order valence-corrected chi connectivity index (χ3v) is 11.8. The van der Waals surface area contributed by atoms with Gasteiger partial charge in [0.1, 0.15) is 22.3 Å². The van der Waals surface area contributed by atoms with Gasteiger partial charge >= 0.3 is 0 Å². The Bertz CT molecular complexity index is 3360. The van der Waals surface area contributed by atoms with Crippen LogP contribution in [0.2, 0.25) is 0 Å². The highest BCUT2D eigenvalue weighted by atomic mass is 16.3. The van der Waals surface area contributed by atoms with Crippen LogP contribution in [0.4, 0.5) is 17.1 Å². The van der Waals surface area contributed by atoms with Crippen LogP contribution in [0, 0.1) is 0 Å². The number of nitrogens with zero attached hydrogens (tertiary/aromatic N) is 1. The molecule has 0 spiro atoms. The lowest BCUT2D eigenvalue weighted by molar-refractivity contribution is 0.590. The topological polar surface area (TPSA) is 29.5 Å². The number of benzene rings is 9. The van der Waals surface area contributed by atoms with Crippen LogP contribution in [-0.4, -0.2) is 0 Å². The molecule has 0 saturated heterocycles. The van der Waals surface area contributed by atoms with Crippen LogP contribution in [0.5, 0.6) is 0 Å². The van der Waals surface area contributed by atoms with Crippen LogP contribution in [0.3, 0.4) is 0 Å². The third-order valence-electron chi connectivity index (χ3n) is 11.8. The van der Waals surface area contributed by atoms with E-state index in [4.69, 9.17) is 8.83 Å². The predicted octanol–water partition coefficient (Wildman–Crippen LogP) is 16.4. The van der Waals surface area contributed by atoms with Gasteiger partial charge in [-0.3, -0.25) is 0 Å². The van der Waals surface area contributed by atoms with Crippen LogP contribution < -0.4 is 4.90 Å². The summed E-state index contributed by atoms with van der Waals surface area (Å²) in [6, 6.07) is 69.7. The van der Waals surface area contributed by atoms with Gasteiger partial charge in [-0.25, -0.2) is 0 Å². The van der Waals surface area contributed by atoms with Crippen LogP contribution in [0.1, 0.15) is 26.3 Å². The maximum Gasteiger partial charge on any atom is 0.143 e. The summed E-state index contributed by atoms with van der Waals surface area (Å²) >= 11 is 0. The second-order valence-electron chi connectivity index (χ2n) is 16.5. The van der Waals surface area contributed by atoms with Crippen molar-refractivity contribution < 1.29 is 8.83 Å². The first-order chi connectivity index (χ1) is 28.9. The van der Waals surface area contributed by atoms with Crippen molar-refractivity contribution in [2.45, 2.75) is 26.2 Å². The molecule has 59 heavy (non-hydrogen) atoms. The third kappa shape index (κ3) is 5.89. The van der Waals surface area contributed by atoms with Crippen molar-refractivity contribution in [1.82, 2.24) is 0 Å². The highest BCUT2D eigenvalue weighted by Gasteiger charge is 2.26. The zero-order chi connectivity index (χ0) is 39.7. The molecular formula is C56H41NO2. The number of hydrogen-bond acceptors (Lipinski definition) is 3. The summed E-state index contributed by atoms with van der Waals surface area (Å²) in [6.07, 6.45) is 0. The van der Waals surface area contributed by atoms with E-state index in [9.17, 15) is 0 Å². The highest BCUT2D eigenvalue weighted by Crippen LogP contribution is 2.50. The van der Waals surface area contributed by atoms with E-state index in [2.05, 4.69) is 202 Å². The SMILES string of the molecule is CC(C)(C)c1ccc(-c2ccc(N(c3ccc4c(c3)oc3ccccc34)c3ccc4ccccc4c3-c3cccc4c3oc3ccccc34)c(-c3ccccc3)c2)cc1. The monoisotopic (exact) mass is 759 g/mol. The molecule has 0 radical (unpaired) electrons. The van der Waals surface area contributed by atoms with Gasteiger partial charge < -0.3 is 13.7 Å². The van der Waals surface area contributed by atoms with Crippen molar-refractivity contribution in [3.05, 3.63) is 200 Å². The van der Waals surface area contributed by atoms with E-state index >= 15 is 0 Å². The predicted molar refractivity (Wildman–Crippen MR) is 248 cm³/mol. The van der Waals surface area contributed by atoms with Crippen molar-refractivity contribution in [1.29, 1.82) is 0 Å². The largest absolute Gasteiger partial charge is 0.456 e. The molecule has 11 aromatic rings. The van der Waals surface area contributed by atoms with Gasteiger partial charge in [-0.2, -0.15) is 0 Å². The molecule has 0 amide bonds. The van der Waals surface area contributed by atoms with E-state index < -0.39 is 0 Å². The second-order valence-corrected chi connectivity index (χ2v) is 16.5. The van der Waals surface area contributed by atoms with Crippen molar-refractivity contribution in [2.75, 3.05) is 4.90 Å². The van der Waals surface area contributed by atoms with Crippen LogP contribution in [0.25, 0.3) is 88.0 Å². The van der Waals surface area contributed by atoms with E-state index in [1.165, 1.54) is 11.1 Å². The Labute approximate surface area is 343 Å². The Kier molecular flexibility index (Phi) is 8.06. The molecule has 11 rings (SSSR count). The Morgan fingerprint density at radius 2 is 1.02 bits per heavy atom. The standard InChI is InChI=1S/C56H41NO2/c1-56(2,3)40-28-24-36(25-29-40)39-27-32-49(48(34-39)37-14-5-4-6-15-37)57(41-30-31-45-43-18-9-11-22-51(43)58-53(45)35-41)50-33-26-38-16-7-8-17-42(38)54(50)47-21-13-20-46-44-19-10-12-23-52(44)59-55(46)47/h4-35H,1-3H3. The van der Waals surface area contributed by atoms with Gasteiger partial charge in [0, 0.05) is 50.0 Å². The quantitative estimate of drug-likeness (QED) is 0.169. The van der Waals surface area contributed by atoms with Gasteiger partial charge in [0.2, 0.25) is 0 Å². The second kappa shape index (κ2) is 13.6. The lowest BCUT2D eigenvalue weighted by atomic mass is 9.86. The van der Waals surface area contributed by atoms with E-state index in [0.29, 0.717) is 0 Å². The molecule has 0 aliphatic carbocycles. The number of furan rings is 2. The summed E-state index contributed by atoms with van der Waals surface area (Å²) in [6.45, 7) is 6.78. The minimum Gasteiger partial charge on any atom is -0.456 e. The molecule has 2 heterocycles. The minimum absolute atomic E-state index is 0.0727. The fourth-order valence-electron chi connectivity index (χ4n) is 8.86. The van der Waals surface area contributed by atoms with Gasteiger partial charge in [0.05, 0.1) is 11.4 Å². The summed E-state index contributed by atoms with van der Waals surface area (Å²) in [5.74, 6) is 0. The summed E-state index contributed by atoms with van der Waals surface area (Å²) in [7, 11) is 0. The summed E-state index contributed by atoms with van der Waals surface area (Å²) in [5.41, 5.74) is 14.7. The first kappa shape index (κ1) is 34.9. The highest BCUT2D eigenvalue weighted by molar-refractivity contribution is 6.16. The molecule has 0 N–H and O–H groups in total. The Morgan fingerprint density at radius 1 is 0.390 bits per heavy atom. The van der Waals surface area contributed by atoms with Crippen LogP contribution in [0.15, 0.2) is 203 Å². The number of hydrogen-bond donors (Lipinski definition) is 0. The van der Waals surface area contributed by atoms with E-state index in [1.54, 1.807) is 0 Å². The molecule has 2 aromatic heterocycles. The molecular weight excluding hydrogens is 719 g/mol. The molecule has 0 saturated carbocycles. The van der Waals surface area contributed by atoms with E-state index in [-0.39, 0.29) is 5.41 Å². The van der Waals surface area contributed by atoms with Crippen molar-refractivity contribution >= 4 is 71.7 Å². The molecule has 0 fully saturated rings. The maximum atomic E-state index is 6.78. The average Bonchev–Trinajstić information content (AvgIpc) is 3.85. The molecule has 3 heteroatoms. The van der Waals surface area contributed by atoms with E-state index in [1.807, 2.05) is 18.2 Å². The Hall–Kier alpha value is -7.36. The smallest absolute Gasteiger partial charge is 0.143 e. The van der Waals surface area contributed by atoms with Gasteiger partial charge in [0.25, 0.3) is 0 Å². The van der Waals surface area contributed by atoms with E-state index in [0.717, 1.165) is 99.5 Å². The lowest BCUT2D eigenvalue weighted by Gasteiger charge is -2.31. The molecule has 3 nitrogen and oxygen atoms in total. The maximum absolute atomic E-state index is 6.78. The molecule has 0 atom stereocenters. The zero-order valence-electron chi connectivity index (χ0n) is 33.2. The first-order valence-corrected chi connectivity index (χ1v) is 20.3. The fourth-order valence-corrected chi connectivity index (χ4v) is 8.86. The molecule has 0 aliphatic rings. The zero-order valence-corrected chi connectivity index (χ0v) is 33.2. The number of rotatable bonds is 6. The molecule has 282 valence electrons. The van der Waals surface area contributed by atoms with Crippen LogP contribution >= 0.6 is 0 Å². The van der Waals surface area contributed by atoms with Crippen molar-refractivity contribution in [3.63, 3.8) is 0 Å². The number of fused-ring (bicyclic) bond motifs is 7. The summed E-state index contributed by atoms with van der Waals surface area (Å²) in [4.78, 5) is 2.42. The van der Waals surface area contributed by atoms with Gasteiger partial charge in [0.15, 0.2) is 0 Å². The van der Waals surface area contributed by atoms with Crippen LogP contribution in [-0.2, 0) is 5.41 Å². The van der Waals surface area contributed by atoms with Gasteiger partial charge in [-0.05, 0) is 80.9 Å². The Morgan fingerprint density at radius 3 is 1.80 bits per heavy atom. The number of para-hydroxylation sites is 3. The number of anilines is 3. The van der Waals surface area contributed by atoms with Gasteiger partial charge in [-0.15, -0.1) is 0 Å². The first-order valence-electron chi connectivity index (χ1n) is 20.3. The molecule has 0 unspecified atom stereocenters. The molecule has 0 aliphatic heterocycles. The van der Waals surface area contributed by atoms with Crippen molar-refractivity contribution in [2.24, 2.45) is 0 Å². The van der Waals surface area contributed by atoms with Crippen molar-refractivity contribution in [3.8, 4) is 33.4 Å². The van der Waals surface area contributed by atoms with Gasteiger partial charge in [-0.1, -0.05) is 166 Å². The molecule has 9 aromatic carbocycles. The minimum atomic E-state index is 0.0727. The normalized spacial score (nSPS) is 12.0. The summed E-state index contributed by atoms with van der Waals surface area (Å²) in [5, 5.41) is 6.70. The average molecular weight is 760 g/mol. The summed E-state index contributed by atoms with van der Waals surface area (Å²) < 4.78 is 13.4. The lowest BCUT2D eigenvalue weighted by Crippen LogP contribution is -2.13.